The van der Waals surface area contributed by atoms with Crippen LogP contribution in [0.2, 0.25) is 15.1 Å². The third kappa shape index (κ3) is 13.5. The molecule has 6 N–H and O–H groups in total. The Bertz CT molecular complexity index is 2960. The summed E-state index contributed by atoms with van der Waals surface area (Å²) in [6, 6.07) is 20.6. The first kappa shape index (κ1) is 53.9. The third-order valence-electron chi connectivity index (χ3n) is 9.30. The fraction of sp³-hybridized carbons (Fsp3) is 0.133. The highest BCUT2D eigenvalue weighted by Gasteiger charge is 2.31. The van der Waals surface area contributed by atoms with Gasteiger partial charge in [-0.1, -0.05) is 77.6 Å². The van der Waals surface area contributed by atoms with Crippen LogP contribution in [-0.4, -0.2) is 49.0 Å². The first-order valence-electron chi connectivity index (χ1n) is 19.4. The second-order valence-corrected chi connectivity index (χ2v) is 15.5. The van der Waals surface area contributed by atoms with Crippen LogP contribution in [0.4, 0.5) is 50.4 Å². The molecule has 0 fully saturated rings. The number of phenolic OH excluding ortho intramolecular Hbond substituents is 3. The number of hydrogen-bond acceptors (Lipinski definition) is 11. The highest BCUT2D eigenvalue weighted by molar-refractivity contribution is 6.34. The lowest BCUT2D eigenvalue weighted by Crippen LogP contribution is -2.32. The summed E-state index contributed by atoms with van der Waals surface area (Å²) in [6.07, 6.45) is -0.305. The molecule has 16 nitrogen and oxygen atoms in total. The molecule has 1 unspecified atom stereocenters. The number of nitro groups is 2. The molecule has 6 rings (SSSR count). The van der Waals surface area contributed by atoms with Crippen molar-refractivity contribution in [3.63, 3.8) is 0 Å². The molecule has 0 aliphatic carbocycles. The van der Waals surface area contributed by atoms with E-state index in [0.29, 0.717) is 35.4 Å². The Morgan fingerprint density at radius 2 is 1.10 bits per heavy atom. The SMILES string of the molecule is CCC(Oc1ccc(C)cc1C)C(=O)Nc1cc(O)c(NC(=O)c2ccccc2)cc1Cl.Cc1cc(Cl)c([N+](=O)[O-])cc1O.O=C(Nc1cc(Cl)c([N+](=O)[O-])cc1O)c1c(F)c(F)c(F)c(F)c1F. The zero-order valence-electron chi connectivity index (χ0n) is 35.9. The second kappa shape index (κ2) is 23.3. The van der Waals surface area contributed by atoms with Crippen LogP contribution >= 0.6 is 34.8 Å². The van der Waals surface area contributed by atoms with E-state index in [4.69, 9.17) is 44.6 Å². The van der Waals surface area contributed by atoms with Gasteiger partial charge in [-0.25, -0.2) is 22.0 Å². The van der Waals surface area contributed by atoms with Crippen LogP contribution in [0.1, 0.15) is 50.8 Å². The predicted molar refractivity (Wildman–Crippen MR) is 245 cm³/mol. The normalized spacial score (nSPS) is 10.9. The highest BCUT2D eigenvalue weighted by Crippen LogP contribution is 2.37. The monoisotopic (exact) mass is 1020 g/mol. The third-order valence-corrected chi connectivity index (χ3v) is 10.2. The quantitative estimate of drug-likeness (QED) is 0.0178. The summed E-state index contributed by atoms with van der Waals surface area (Å²) in [5, 5.41) is 56.6. The summed E-state index contributed by atoms with van der Waals surface area (Å²) in [4.78, 5) is 56.3. The van der Waals surface area contributed by atoms with Gasteiger partial charge in [0.15, 0.2) is 29.4 Å². The zero-order chi connectivity index (χ0) is 51.6. The standard InChI is InChI=1S/C25H25ClN2O4.C13H4ClF5N2O4.C7H6ClNO3/c1-4-22(32-23-11-10-15(2)12-16(23)3)25(31)27-19-14-21(29)20(13-18(19)26)28-24(30)17-8-6-5-7-9-17;14-3-1-4(6(22)2-5(3)21(24)25)20-13(23)7-8(15)10(17)12(19)11(18)9(7)16;1-4-2-5(8)6(9(11)12)3-7(4)10/h5-14,22,29H,4H2,1-3H3,(H,27,31)(H,28,30);1-2,22H,(H,20,23);2-3,10H,1H3. The van der Waals surface area contributed by atoms with Gasteiger partial charge >= 0.3 is 0 Å². The number of anilines is 3. The van der Waals surface area contributed by atoms with Crippen molar-refractivity contribution in [2.24, 2.45) is 0 Å². The number of rotatable bonds is 11. The van der Waals surface area contributed by atoms with Crippen molar-refractivity contribution < 1.29 is 66.2 Å². The van der Waals surface area contributed by atoms with Crippen LogP contribution in [0.25, 0.3) is 0 Å². The minimum atomic E-state index is -2.45. The largest absolute Gasteiger partial charge is 0.507 e. The number of hydrogen-bond donors (Lipinski definition) is 6. The maximum absolute atomic E-state index is 13.5. The number of aryl methyl sites for hydroxylation is 3. The summed E-state index contributed by atoms with van der Waals surface area (Å²) in [5.74, 6) is -15.1. The first-order chi connectivity index (χ1) is 32.4. The molecule has 24 heteroatoms. The molecular formula is C45H35Cl3F5N5O11. The van der Waals surface area contributed by atoms with Crippen molar-refractivity contribution >= 4 is 81.0 Å². The maximum Gasteiger partial charge on any atom is 0.291 e. The van der Waals surface area contributed by atoms with E-state index in [1.807, 2.05) is 39.0 Å². The van der Waals surface area contributed by atoms with Crippen LogP contribution in [0.15, 0.2) is 84.9 Å². The molecule has 0 heterocycles. The Kier molecular flexibility index (Phi) is 18.2. The van der Waals surface area contributed by atoms with Gasteiger partial charge in [-0.05, 0) is 74.7 Å². The average Bonchev–Trinajstić information content (AvgIpc) is 3.29. The van der Waals surface area contributed by atoms with Crippen LogP contribution in [0, 0.1) is 70.1 Å². The molecule has 0 radical (unpaired) electrons. The lowest BCUT2D eigenvalue weighted by atomic mass is 10.1. The summed E-state index contributed by atoms with van der Waals surface area (Å²) < 4.78 is 72.1. The van der Waals surface area contributed by atoms with Crippen LogP contribution in [0.5, 0.6) is 23.0 Å². The van der Waals surface area contributed by atoms with Crippen molar-refractivity contribution in [2.75, 3.05) is 16.0 Å². The smallest absolute Gasteiger partial charge is 0.291 e. The van der Waals surface area contributed by atoms with Crippen LogP contribution < -0.4 is 20.7 Å². The van der Waals surface area contributed by atoms with Crippen molar-refractivity contribution in [1.82, 2.24) is 0 Å². The Morgan fingerprint density at radius 1 is 0.609 bits per heavy atom. The molecule has 0 bridgehead atoms. The first-order valence-corrected chi connectivity index (χ1v) is 20.6. The lowest BCUT2D eigenvalue weighted by molar-refractivity contribution is -0.384. The van der Waals surface area contributed by atoms with Crippen molar-refractivity contribution in [3.05, 3.63) is 177 Å². The molecule has 1 atom stereocenters. The number of halogens is 8. The number of phenols is 3. The van der Waals surface area contributed by atoms with Gasteiger partial charge in [-0.15, -0.1) is 0 Å². The Balaban J connectivity index is 0.000000248. The van der Waals surface area contributed by atoms with Crippen molar-refractivity contribution in [1.29, 1.82) is 0 Å². The second-order valence-electron chi connectivity index (χ2n) is 14.3. The fourth-order valence-electron chi connectivity index (χ4n) is 5.73. The molecule has 0 aromatic heterocycles. The van der Waals surface area contributed by atoms with E-state index in [9.17, 15) is 66.8 Å². The molecule has 6 aromatic carbocycles. The van der Waals surface area contributed by atoms with Gasteiger partial charge in [0.25, 0.3) is 29.1 Å². The van der Waals surface area contributed by atoms with Gasteiger partial charge in [-0.2, -0.15) is 0 Å². The van der Waals surface area contributed by atoms with E-state index in [0.717, 1.165) is 17.2 Å². The number of ether oxygens (including phenoxy) is 1. The summed E-state index contributed by atoms with van der Waals surface area (Å²) >= 11 is 17.4. The number of nitrogens with zero attached hydrogens (tertiary/aromatic N) is 2. The van der Waals surface area contributed by atoms with E-state index < -0.39 is 84.6 Å². The molecule has 0 aliphatic heterocycles. The number of carbonyl (C=O) groups is 3. The summed E-state index contributed by atoms with van der Waals surface area (Å²) in [6.45, 7) is 7.37. The highest BCUT2D eigenvalue weighted by atomic mass is 35.5. The number of nitrogens with one attached hydrogen (secondary N) is 3. The van der Waals surface area contributed by atoms with Crippen molar-refractivity contribution in [2.45, 2.75) is 40.2 Å². The van der Waals surface area contributed by atoms with Gasteiger partial charge in [0.1, 0.15) is 38.6 Å². The van der Waals surface area contributed by atoms with E-state index >= 15 is 0 Å². The fourth-order valence-corrected chi connectivity index (χ4v) is 6.46. The van der Waals surface area contributed by atoms with Gasteiger partial charge in [0.05, 0.1) is 44.1 Å². The number of aromatic hydroxyl groups is 3. The van der Waals surface area contributed by atoms with Crippen LogP contribution in [-0.2, 0) is 4.79 Å². The van der Waals surface area contributed by atoms with Crippen LogP contribution in [0.3, 0.4) is 0 Å². The molecule has 0 saturated heterocycles. The molecule has 362 valence electrons. The number of nitro benzene ring substituents is 2. The number of amides is 3. The number of carbonyl (C=O) groups excluding carboxylic acids is 3. The minimum Gasteiger partial charge on any atom is -0.507 e. The minimum absolute atomic E-state index is 0.0373. The molecular weight excluding hydrogens is 988 g/mol. The number of benzene rings is 6. The Hall–Kier alpha value is -7.75. The molecule has 69 heavy (non-hydrogen) atoms. The van der Waals surface area contributed by atoms with E-state index in [-0.39, 0.29) is 44.5 Å². The topological polar surface area (TPSA) is 243 Å². The van der Waals surface area contributed by atoms with Gasteiger partial charge in [0.2, 0.25) is 5.82 Å². The van der Waals surface area contributed by atoms with E-state index in [1.165, 1.54) is 18.2 Å². The average molecular weight is 1020 g/mol. The zero-order valence-corrected chi connectivity index (χ0v) is 38.2. The molecule has 0 aliphatic rings. The Morgan fingerprint density at radius 3 is 1.64 bits per heavy atom. The lowest BCUT2D eigenvalue weighted by Gasteiger charge is -2.19. The molecule has 0 spiro atoms. The van der Waals surface area contributed by atoms with Crippen molar-refractivity contribution in [3.8, 4) is 23.0 Å². The van der Waals surface area contributed by atoms with E-state index in [1.54, 1.807) is 42.6 Å². The van der Waals surface area contributed by atoms with Gasteiger partial charge in [0, 0.05) is 11.6 Å². The molecule has 3 amide bonds. The van der Waals surface area contributed by atoms with Gasteiger partial charge in [-0.3, -0.25) is 34.6 Å². The molecule has 6 aromatic rings. The predicted octanol–water partition coefficient (Wildman–Crippen LogP) is 11.9. The molecule has 0 saturated carbocycles. The van der Waals surface area contributed by atoms with E-state index in [2.05, 4.69) is 10.6 Å². The Labute approximate surface area is 402 Å². The van der Waals surface area contributed by atoms with Gasteiger partial charge < -0.3 is 36.0 Å². The summed E-state index contributed by atoms with van der Waals surface area (Å²) in [7, 11) is 0. The summed E-state index contributed by atoms with van der Waals surface area (Å²) in [5.41, 5.74) is -0.113. The maximum atomic E-state index is 13.5.